The fourth-order valence-corrected chi connectivity index (χ4v) is 3.36. The molecule has 204 valence electrons. The number of alkyl halides is 3. The van der Waals surface area contributed by atoms with Crippen LogP contribution in [0.5, 0.6) is 6.01 Å². The molecule has 0 saturated heterocycles. The predicted molar refractivity (Wildman–Crippen MR) is 132 cm³/mol. The number of nitrogens with zero attached hydrogens (tertiary/aromatic N) is 3. The lowest BCUT2D eigenvalue weighted by Gasteiger charge is -2.24. The summed E-state index contributed by atoms with van der Waals surface area (Å²) in [5.41, 5.74) is 0.859. The number of aromatic nitrogens is 3. The highest BCUT2D eigenvalue weighted by Gasteiger charge is 2.57. The zero-order valence-corrected chi connectivity index (χ0v) is 21.3. The molecule has 4 rings (SSSR count). The third-order valence-corrected chi connectivity index (χ3v) is 5.53. The van der Waals surface area contributed by atoms with Gasteiger partial charge in [0.25, 0.3) is 0 Å². The second-order valence-corrected chi connectivity index (χ2v) is 8.32. The number of ether oxygens (including phenoxy) is 2. The van der Waals surface area contributed by atoms with E-state index in [0.717, 1.165) is 5.56 Å². The van der Waals surface area contributed by atoms with E-state index in [-0.39, 0.29) is 17.5 Å². The summed E-state index contributed by atoms with van der Waals surface area (Å²) in [7, 11) is 1.23. The molecule has 3 aromatic rings. The summed E-state index contributed by atoms with van der Waals surface area (Å²) in [6, 6.07) is 11.8. The highest BCUT2D eigenvalue weighted by Crippen LogP contribution is 2.48. The quantitative estimate of drug-likeness (QED) is 0.227. The van der Waals surface area contributed by atoms with Crippen molar-refractivity contribution in [2.75, 3.05) is 17.7 Å². The molecular weight excluding hydrogens is 531 g/mol. The summed E-state index contributed by atoms with van der Waals surface area (Å²) in [4.78, 5) is 23.3. The van der Waals surface area contributed by atoms with Gasteiger partial charge < -0.3 is 30.3 Å². The minimum Gasteiger partial charge on any atom is -0.465 e. The van der Waals surface area contributed by atoms with Crippen LogP contribution in [0.25, 0.3) is 0 Å². The van der Waals surface area contributed by atoms with Crippen molar-refractivity contribution >= 4 is 35.2 Å². The molecule has 1 saturated carbocycles. The smallest absolute Gasteiger partial charge is 0.465 e. The number of carbonyl (C=O) groups is 1. The van der Waals surface area contributed by atoms with Gasteiger partial charge in [0.1, 0.15) is 0 Å². The zero-order chi connectivity index (χ0) is 28.1. The Hall–Kier alpha value is -3.68. The first-order chi connectivity index (χ1) is 17.9. The third-order valence-electron chi connectivity index (χ3n) is 5.28. The zero-order valence-electron chi connectivity index (χ0n) is 20.5. The van der Waals surface area contributed by atoms with Crippen molar-refractivity contribution in [1.29, 1.82) is 0 Å². The summed E-state index contributed by atoms with van der Waals surface area (Å²) in [5.74, 6) is -5.55. The normalized spacial score (nSPS) is 14.0. The molecule has 0 amide bonds. The summed E-state index contributed by atoms with van der Waals surface area (Å²) in [5, 5.41) is 25.0. The van der Waals surface area contributed by atoms with Crippen LogP contribution in [0.15, 0.2) is 48.5 Å². The number of hydrogen-bond acceptors (Lipinski definition) is 10. The Morgan fingerprint density at radius 1 is 0.974 bits per heavy atom. The summed E-state index contributed by atoms with van der Waals surface area (Å²) in [6.45, 7) is 4.00. The van der Waals surface area contributed by atoms with Crippen LogP contribution in [0.4, 0.5) is 30.8 Å². The minimum absolute atomic E-state index is 0.181. The van der Waals surface area contributed by atoms with E-state index in [2.05, 4.69) is 35.1 Å². The molecule has 1 aliphatic rings. The first-order valence-electron chi connectivity index (χ1n) is 11.4. The minimum atomic E-state index is -5.55. The van der Waals surface area contributed by atoms with E-state index < -0.39 is 29.7 Å². The van der Waals surface area contributed by atoms with Gasteiger partial charge in [0.05, 0.1) is 18.2 Å². The van der Waals surface area contributed by atoms with E-state index in [4.69, 9.17) is 11.6 Å². The molecule has 38 heavy (non-hydrogen) atoms. The maximum absolute atomic E-state index is 13.0. The van der Waals surface area contributed by atoms with E-state index in [1.54, 1.807) is 24.3 Å². The van der Waals surface area contributed by atoms with Gasteiger partial charge in [0, 0.05) is 10.7 Å². The number of halogens is 4. The largest absolute Gasteiger partial charge is 0.486 e. The number of rotatable bonds is 8. The lowest BCUT2D eigenvalue weighted by Crippen LogP contribution is -2.50. The first-order valence-corrected chi connectivity index (χ1v) is 11.7. The number of anilines is 3. The molecule has 0 spiro atoms. The van der Waals surface area contributed by atoms with Gasteiger partial charge in [0.2, 0.25) is 11.9 Å². The average Bonchev–Trinajstić information content (AvgIpc) is 3.65. The van der Waals surface area contributed by atoms with Crippen LogP contribution in [-0.2, 0) is 10.3 Å². The summed E-state index contributed by atoms with van der Waals surface area (Å²) < 4.78 is 47.8. The molecule has 2 aromatic carbocycles. The Labute approximate surface area is 220 Å². The van der Waals surface area contributed by atoms with Gasteiger partial charge in [0.15, 0.2) is 0 Å². The third kappa shape index (κ3) is 6.79. The molecule has 4 N–H and O–H groups in total. The second kappa shape index (κ2) is 11.4. The van der Waals surface area contributed by atoms with Crippen LogP contribution in [-0.4, -0.2) is 50.4 Å². The standard InChI is InChI=1S/C22H19ClF3N5O5.C2H6/c1-35-16(32)12-2-8-15(9-3-12)27-17-28-18(30-19(29-17)36-22(33,34)21(24,25)26)31-20(10-11-20)13-4-6-14(23)7-5-13;1-2/h2-9,33-34H,10-11H2,1H3,(H2,27,28,29,30,31);1-2H3. The Balaban J connectivity index is 0.00000195. The van der Waals surface area contributed by atoms with Gasteiger partial charge in [-0.15, -0.1) is 0 Å². The van der Waals surface area contributed by atoms with E-state index in [0.29, 0.717) is 23.6 Å². The molecule has 14 heteroatoms. The molecule has 1 fully saturated rings. The van der Waals surface area contributed by atoms with Crippen LogP contribution in [0.1, 0.15) is 42.6 Å². The van der Waals surface area contributed by atoms with Crippen LogP contribution < -0.4 is 15.4 Å². The van der Waals surface area contributed by atoms with Crippen molar-refractivity contribution in [2.24, 2.45) is 0 Å². The molecule has 0 radical (unpaired) electrons. The molecule has 10 nitrogen and oxygen atoms in total. The number of methoxy groups -OCH3 is 1. The number of hydrogen-bond donors (Lipinski definition) is 4. The molecule has 1 heterocycles. The summed E-state index contributed by atoms with van der Waals surface area (Å²) in [6.07, 6.45) is -4.22. The van der Waals surface area contributed by atoms with Gasteiger partial charge in [-0.05, 0) is 54.8 Å². The maximum Gasteiger partial charge on any atom is 0.486 e. The van der Waals surface area contributed by atoms with Crippen LogP contribution in [0.2, 0.25) is 5.02 Å². The number of aliphatic hydroxyl groups is 2. The highest BCUT2D eigenvalue weighted by molar-refractivity contribution is 6.30. The number of esters is 1. The lowest BCUT2D eigenvalue weighted by molar-refractivity contribution is -0.430. The van der Waals surface area contributed by atoms with E-state index in [1.807, 2.05) is 13.8 Å². The SMILES string of the molecule is CC.COC(=O)c1ccc(Nc2nc(NC3(c4ccc(Cl)cc4)CC3)nc(OC(O)(O)C(F)(F)F)n2)cc1. The Morgan fingerprint density at radius 3 is 2.08 bits per heavy atom. The monoisotopic (exact) mass is 555 g/mol. The fourth-order valence-electron chi connectivity index (χ4n) is 3.23. The van der Waals surface area contributed by atoms with Gasteiger partial charge in [-0.1, -0.05) is 37.6 Å². The van der Waals surface area contributed by atoms with Crippen LogP contribution in [0.3, 0.4) is 0 Å². The highest BCUT2D eigenvalue weighted by atomic mass is 35.5. The van der Waals surface area contributed by atoms with Gasteiger partial charge in [-0.3, -0.25) is 0 Å². The van der Waals surface area contributed by atoms with Gasteiger partial charge in [-0.25, -0.2) is 4.79 Å². The topological polar surface area (TPSA) is 139 Å². The molecular formula is C24H25ClF3N5O5. The van der Waals surface area contributed by atoms with Gasteiger partial charge >= 0.3 is 24.1 Å². The summed E-state index contributed by atoms with van der Waals surface area (Å²) >= 11 is 5.95. The van der Waals surface area contributed by atoms with Gasteiger partial charge in [-0.2, -0.15) is 28.1 Å². The lowest BCUT2D eigenvalue weighted by atomic mass is 10.1. The van der Waals surface area contributed by atoms with Crippen molar-refractivity contribution in [2.45, 2.75) is 44.4 Å². The Morgan fingerprint density at radius 2 is 1.55 bits per heavy atom. The van der Waals surface area contributed by atoms with Crippen molar-refractivity contribution < 1.29 is 37.7 Å². The molecule has 0 aliphatic heterocycles. The Bertz CT molecular complexity index is 1250. The first kappa shape index (κ1) is 28.9. The maximum atomic E-state index is 13.0. The number of carbonyl (C=O) groups excluding carboxylic acids is 1. The second-order valence-electron chi connectivity index (χ2n) is 7.88. The van der Waals surface area contributed by atoms with Crippen molar-refractivity contribution in [3.05, 3.63) is 64.7 Å². The molecule has 1 aliphatic carbocycles. The van der Waals surface area contributed by atoms with Crippen LogP contribution in [0, 0.1) is 0 Å². The van der Waals surface area contributed by atoms with E-state index in [1.165, 1.54) is 31.4 Å². The predicted octanol–water partition coefficient (Wildman–Crippen LogP) is 4.76. The van der Waals surface area contributed by atoms with E-state index in [9.17, 15) is 28.2 Å². The van der Waals surface area contributed by atoms with Crippen molar-refractivity contribution in [3.63, 3.8) is 0 Å². The number of benzene rings is 2. The van der Waals surface area contributed by atoms with Crippen molar-refractivity contribution in [1.82, 2.24) is 15.0 Å². The Kier molecular flexibility index (Phi) is 8.65. The molecule has 0 bridgehead atoms. The van der Waals surface area contributed by atoms with Crippen LogP contribution >= 0.6 is 11.6 Å². The molecule has 0 atom stereocenters. The molecule has 1 aromatic heterocycles. The fraction of sp³-hybridized carbons (Fsp3) is 0.333. The van der Waals surface area contributed by atoms with Crippen molar-refractivity contribution in [3.8, 4) is 6.01 Å². The molecule has 0 unspecified atom stereocenters. The average molecular weight is 556 g/mol. The van der Waals surface area contributed by atoms with E-state index >= 15 is 0 Å². The number of nitrogens with one attached hydrogen (secondary N) is 2.